The lowest BCUT2D eigenvalue weighted by molar-refractivity contribution is -0.114. The summed E-state index contributed by atoms with van der Waals surface area (Å²) in [6.07, 6.45) is 1.92. The van der Waals surface area contributed by atoms with Crippen LogP contribution in [0.2, 0.25) is 0 Å². The first-order valence-electron chi connectivity index (χ1n) is 9.63. The highest BCUT2D eigenvalue weighted by Crippen LogP contribution is 2.25. The van der Waals surface area contributed by atoms with Crippen molar-refractivity contribution in [1.29, 1.82) is 0 Å². The van der Waals surface area contributed by atoms with Crippen LogP contribution in [0, 0.1) is 0 Å². The topological polar surface area (TPSA) is 95.6 Å². The number of carbonyl (C=O) groups excluding carboxylic acids is 2. The Kier molecular flexibility index (Phi) is 7.22. The van der Waals surface area contributed by atoms with Crippen molar-refractivity contribution in [2.75, 3.05) is 28.2 Å². The van der Waals surface area contributed by atoms with Crippen molar-refractivity contribution in [2.45, 2.75) is 16.7 Å². The quantitative estimate of drug-likeness (QED) is 0.499. The van der Waals surface area contributed by atoms with Crippen LogP contribution in [0.4, 0.5) is 17.1 Å². The third kappa shape index (κ3) is 5.49. The van der Waals surface area contributed by atoms with E-state index in [9.17, 15) is 18.0 Å². The Balaban J connectivity index is 1.73. The number of carbonyl (C=O) groups is 2. The van der Waals surface area contributed by atoms with E-state index in [4.69, 9.17) is 0 Å². The van der Waals surface area contributed by atoms with Gasteiger partial charge in [-0.05, 0) is 73.0 Å². The third-order valence-corrected chi connectivity index (χ3v) is 7.20. The molecule has 0 aliphatic heterocycles. The molecule has 0 saturated heterocycles. The number of nitrogens with zero attached hydrogens (tertiary/aromatic N) is 1. The zero-order chi connectivity index (χ0) is 23.3. The van der Waals surface area contributed by atoms with Crippen LogP contribution < -0.4 is 14.9 Å². The molecule has 0 spiro atoms. The van der Waals surface area contributed by atoms with Crippen molar-refractivity contribution in [3.8, 4) is 0 Å². The summed E-state index contributed by atoms with van der Waals surface area (Å²) in [6.45, 7) is 1.41. The van der Waals surface area contributed by atoms with Crippen LogP contribution in [-0.2, 0) is 14.8 Å². The summed E-state index contributed by atoms with van der Waals surface area (Å²) in [7, 11) is -2.25. The van der Waals surface area contributed by atoms with Crippen molar-refractivity contribution in [1.82, 2.24) is 0 Å². The molecule has 32 heavy (non-hydrogen) atoms. The highest BCUT2D eigenvalue weighted by Gasteiger charge is 2.21. The molecule has 3 aromatic carbocycles. The number of amides is 2. The molecule has 9 heteroatoms. The number of thioether (sulfide) groups is 1. The molecule has 0 aromatic heterocycles. The van der Waals surface area contributed by atoms with E-state index in [0.29, 0.717) is 22.6 Å². The van der Waals surface area contributed by atoms with Crippen LogP contribution >= 0.6 is 11.8 Å². The van der Waals surface area contributed by atoms with Gasteiger partial charge in [-0.3, -0.25) is 13.9 Å². The maximum atomic E-state index is 12.9. The molecule has 0 bridgehead atoms. The number of sulfonamides is 1. The molecule has 0 aliphatic carbocycles. The lowest BCUT2D eigenvalue weighted by Gasteiger charge is -2.20. The highest BCUT2D eigenvalue weighted by molar-refractivity contribution is 7.98. The molecule has 0 aliphatic rings. The van der Waals surface area contributed by atoms with E-state index in [0.717, 1.165) is 4.90 Å². The van der Waals surface area contributed by atoms with Crippen LogP contribution in [0.3, 0.4) is 0 Å². The van der Waals surface area contributed by atoms with Crippen molar-refractivity contribution in [3.63, 3.8) is 0 Å². The second-order valence-electron chi connectivity index (χ2n) is 6.91. The van der Waals surface area contributed by atoms with Crippen LogP contribution in [0.15, 0.2) is 82.6 Å². The summed E-state index contributed by atoms with van der Waals surface area (Å²) >= 11 is 1.54. The minimum absolute atomic E-state index is 0.193. The zero-order valence-corrected chi connectivity index (χ0v) is 19.5. The van der Waals surface area contributed by atoms with Gasteiger partial charge in [0.1, 0.15) is 0 Å². The van der Waals surface area contributed by atoms with Crippen LogP contribution in [0.25, 0.3) is 0 Å². The number of nitrogens with one attached hydrogen (secondary N) is 2. The number of anilines is 3. The molecule has 0 radical (unpaired) electrons. The van der Waals surface area contributed by atoms with E-state index in [-0.39, 0.29) is 16.7 Å². The average Bonchev–Trinajstić information content (AvgIpc) is 2.78. The first kappa shape index (κ1) is 23.4. The van der Waals surface area contributed by atoms with Gasteiger partial charge in [-0.15, -0.1) is 11.8 Å². The predicted octanol–water partition coefficient (Wildman–Crippen LogP) is 4.44. The van der Waals surface area contributed by atoms with E-state index in [1.165, 1.54) is 30.0 Å². The normalized spacial score (nSPS) is 11.0. The van der Waals surface area contributed by atoms with Gasteiger partial charge in [0.25, 0.3) is 15.9 Å². The maximum Gasteiger partial charge on any atom is 0.264 e. The van der Waals surface area contributed by atoms with Gasteiger partial charge in [0.05, 0.1) is 10.6 Å². The Morgan fingerprint density at radius 1 is 0.875 bits per heavy atom. The standard InChI is InChI=1S/C23H23N3O4S2/c1-16(27)24-18-5-4-6-19(15-18)25-23(28)17-7-9-20(10-8-17)26(2)32(29,30)22-13-11-21(31-3)12-14-22/h4-15H,1-3H3,(H,24,27)(H,25,28). The Morgan fingerprint density at radius 3 is 2.03 bits per heavy atom. The number of benzene rings is 3. The van der Waals surface area contributed by atoms with Gasteiger partial charge in [0, 0.05) is 35.8 Å². The fourth-order valence-corrected chi connectivity index (χ4v) is 4.55. The van der Waals surface area contributed by atoms with E-state index in [1.54, 1.807) is 72.8 Å². The van der Waals surface area contributed by atoms with Gasteiger partial charge in [0.2, 0.25) is 5.91 Å². The van der Waals surface area contributed by atoms with Crippen LogP contribution in [-0.4, -0.2) is 33.5 Å². The minimum Gasteiger partial charge on any atom is -0.326 e. The summed E-state index contributed by atoms with van der Waals surface area (Å²) in [4.78, 5) is 24.9. The molecule has 0 unspecified atom stereocenters. The molecule has 0 atom stereocenters. The van der Waals surface area contributed by atoms with Crippen LogP contribution in [0.5, 0.6) is 0 Å². The molecule has 0 heterocycles. The molecular weight excluding hydrogens is 446 g/mol. The summed E-state index contributed by atoms with van der Waals surface area (Å²) in [5.74, 6) is -0.557. The molecule has 0 fully saturated rings. The summed E-state index contributed by atoms with van der Waals surface area (Å²) in [6, 6.07) is 19.8. The SMILES string of the molecule is CSc1ccc(S(=O)(=O)N(C)c2ccc(C(=O)Nc3cccc(NC(C)=O)c3)cc2)cc1. The van der Waals surface area contributed by atoms with E-state index in [2.05, 4.69) is 10.6 Å². The number of rotatable bonds is 7. The van der Waals surface area contributed by atoms with Gasteiger partial charge < -0.3 is 10.6 Å². The fourth-order valence-electron chi connectivity index (χ4n) is 2.95. The lowest BCUT2D eigenvalue weighted by Crippen LogP contribution is -2.26. The first-order chi connectivity index (χ1) is 15.2. The summed E-state index contributed by atoms with van der Waals surface area (Å²) in [5, 5.41) is 5.42. The Bertz CT molecular complexity index is 1220. The Hall–Kier alpha value is -3.30. The molecule has 2 amide bonds. The van der Waals surface area contributed by atoms with Crippen molar-refractivity contribution in [3.05, 3.63) is 78.4 Å². The highest BCUT2D eigenvalue weighted by atomic mass is 32.2. The van der Waals surface area contributed by atoms with Crippen LogP contribution in [0.1, 0.15) is 17.3 Å². The van der Waals surface area contributed by atoms with Gasteiger partial charge in [-0.25, -0.2) is 8.42 Å². The molecule has 2 N–H and O–H groups in total. The second-order valence-corrected chi connectivity index (χ2v) is 9.76. The van der Waals surface area contributed by atoms with Gasteiger partial charge in [-0.1, -0.05) is 6.07 Å². The first-order valence-corrected chi connectivity index (χ1v) is 12.3. The Morgan fingerprint density at radius 2 is 1.47 bits per heavy atom. The molecule has 7 nitrogen and oxygen atoms in total. The molecule has 166 valence electrons. The smallest absolute Gasteiger partial charge is 0.264 e. The average molecular weight is 470 g/mol. The van der Waals surface area contributed by atoms with Gasteiger partial charge in [0.15, 0.2) is 0 Å². The largest absolute Gasteiger partial charge is 0.326 e. The molecule has 3 rings (SSSR count). The molecule has 3 aromatic rings. The summed E-state index contributed by atoms with van der Waals surface area (Å²) in [5.41, 5.74) is 1.90. The number of hydrogen-bond donors (Lipinski definition) is 2. The van der Waals surface area contributed by atoms with E-state index < -0.39 is 10.0 Å². The van der Waals surface area contributed by atoms with Crippen molar-refractivity contribution < 1.29 is 18.0 Å². The third-order valence-electron chi connectivity index (χ3n) is 4.65. The lowest BCUT2D eigenvalue weighted by atomic mass is 10.2. The van der Waals surface area contributed by atoms with Gasteiger partial charge in [-0.2, -0.15) is 0 Å². The maximum absolute atomic E-state index is 12.9. The molecule has 0 saturated carbocycles. The van der Waals surface area contributed by atoms with Crippen molar-refractivity contribution >= 4 is 50.7 Å². The van der Waals surface area contributed by atoms with Gasteiger partial charge >= 0.3 is 0 Å². The van der Waals surface area contributed by atoms with E-state index >= 15 is 0 Å². The number of hydrogen-bond acceptors (Lipinski definition) is 5. The fraction of sp³-hybridized carbons (Fsp3) is 0.130. The monoisotopic (exact) mass is 469 g/mol. The summed E-state index contributed by atoms with van der Waals surface area (Å²) < 4.78 is 27.0. The van der Waals surface area contributed by atoms with E-state index in [1.807, 2.05) is 6.26 Å². The second kappa shape index (κ2) is 9.88. The minimum atomic E-state index is -3.72. The zero-order valence-electron chi connectivity index (χ0n) is 17.8. The predicted molar refractivity (Wildman–Crippen MR) is 129 cm³/mol. The van der Waals surface area contributed by atoms with Crippen molar-refractivity contribution in [2.24, 2.45) is 0 Å². The molecular formula is C23H23N3O4S2. The Labute approximate surface area is 191 Å².